The van der Waals surface area contributed by atoms with Crippen LogP contribution in [0.4, 0.5) is 5.69 Å². The Morgan fingerprint density at radius 1 is 1.30 bits per heavy atom. The van der Waals surface area contributed by atoms with E-state index in [9.17, 15) is 0 Å². The van der Waals surface area contributed by atoms with Gasteiger partial charge in [-0.15, -0.1) is 0 Å². The number of rotatable bonds is 5. The van der Waals surface area contributed by atoms with Crippen LogP contribution in [0.5, 0.6) is 0 Å². The molecule has 0 saturated heterocycles. The van der Waals surface area contributed by atoms with Gasteiger partial charge in [-0.1, -0.05) is 19.4 Å². The Morgan fingerprint density at radius 3 is 2.85 bits per heavy atom. The van der Waals surface area contributed by atoms with Crippen molar-refractivity contribution in [2.24, 2.45) is 5.92 Å². The Balaban J connectivity index is 1.83. The van der Waals surface area contributed by atoms with Gasteiger partial charge in [0, 0.05) is 30.4 Å². The van der Waals surface area contributed by atoms with Gasteiger partial charge >= 0.3 is 0 Å². The third-order valence-electron chi connectivity index (χ3n) is 4.47. The normalized spacial score (nSPS) is 15.7. The largest absolute Gasteiger partial charge is 0.398 e. The number of hydrogen-bond donors (Lipinski definition) is 1. The first-order valence-electron chi connectivity index (χ1n) is 7.62. The van der Waals surface area contributed by atoms with E-state index in [2.05, 4.69) is 28.9 Å². The molecule has 1 aliphatic carbocycles. The van der Waals surface area contributed by atoms with Crippen molar-refractivity contribution in [1.82, 2.24) is 9.88 Å². The van der Waals surface area contributed by atoms with Gasteiger partial charge in [0.1, 0.15) is 0 Å². The van der Waals surface area contributed by atoms with Gasteiger partial charge in [-0.2, -0.15) is 0 Å². The molecule has 2 N–H and O–H groups in total. The van der Waals surface area contributed by atoms with E-state index in [4.69, 9.17) is 5.73 Å². The lowest BCUT2D eigenvalue weighted by atomic mass is 9.85. The average molecular weight is 269 g/mol. The minimum absolute atomic E-state index is 0.818. The number of benzene rings is 1. The highest BCUT2D eigenvalue weighted by molar-refractivity contribution is 5.92. The molecule has 0 bridgehead atoms. The zero-order valence-corrected chi connectivity index (χ0v) is 12.2. The van der Waals surface area contributed by atoms with E-state index in [0.29, 0.717) is 0 Å². The van der Waals surface area contributed by atoms with Gasteiger partial charge in [0.15, 0.2) is 0 Å². The molecule has 106 valence electrons. The van der Waals surface area contributed by atoms with Crippen LogP contribution < -0.4 is 5.73 Å². The maximum absolute atomic E-state index is 6.05. The molecule has 1 heterocycles. The van der Waals surface area contributed by atoms with Crippen LogP contribution >= 0.6 is 0 Å². The van der Waals surface area contributed by atoms with Crippen molar-refractivity contribution < 1.29 is 0 Å². The number of nitrogens with zero attached hydrogens (tertiary/aromatic N) is 2. The van der Waals surface area contributed by atoms with E-state index >= 15 is 0 Å². The summed E-state index contributed by atoms with van der Waals surface area (Å²) in [6.07, 6.45) is 6.07. The van der Waals surface area contributed by atoms with Crippen molar-refractivity contribution in [2.45, 2.75) is 32.7 Å². The van der Waals surface area contributed by atoms with Gasteiger partial charge < -0.3 is 5.73 Å². The Labute approximate surface area is 120 Å². The molecule has 3 rings (SSSR count). The number of aromatic nitrogens is 1. The van der Waals surface area contributed by atoms with E-state index in [1.165, 1.54) is 31.4 Å². The third-order valence-corrected chi connectivity index (χ3v) is 4.47. The maximum Gasteiger partial charge on any atom is 0.0767 e. The first kappa shape index (κ1) is 13.4. The van der Waals surface area contributed by atoms with Crippen LogP contribution in [0.25, 0.3) is 10.9 Å². The van der Waals surface area contributed by atoms with Crippen LogP contribution in [-0.2, 0) is 6.54 Å². The molecule has 1 aliphatic rings. The Kier molecular flexibility index (Phi) is 3.88. The van der Waals surface area contributed by atoms with Crippen LogP contribution in [0.15, 0.2) is 30.5 Å². The molecule has 2 aromatic rings. The highest BCUT2D eigenvalue weighted by Crippen LogP contribution is 2.28. The number of pyridine rings is 1. The molecule has 0 amide bonds. The molecular weight excluding hydrogens is 246 g/mol. The smallest absolute Gasteiger partial charge is 0.0767 e. The lowest BCUT2D eigenvalue weighted by molar-refractivity contribution is 0.178. The van der Waals surface area contributed by atoms with Crippen LogP contribution in [-0.4, -0.2) is 23.0 Å². The Bertz CT molecular complexity index is 590. The van der Waals surface area contributed by atoms with Gasteiger partial charge in [-0.3, -0.25) is 9.88 Å². The molecule has 1 fully saturated rings. The summed E-state index contributed by atoms with van der Waals surface area (Å²) in [7, 11) is 0. The lowest BCUT2D eigenvalue weighted by Gasteiger charge is -2.32. The molecule has 3 heteroatoms. The van der Waals surface area contributed by atoms with E-state index in [0.717, 1.165) is 35.6 Å². The molecule has 0 aliphatic heterocycles. The second kappa shape index (κ2) is 5.80. The van der Waals surface area contributed by atoms with Crippen LogP contribution in [0.1, 0.15) is 31.7 Å². The highest BCUT2D eigenvalue weighted by atomic mass is 15.1. The van der Waals surface area contributed by atoms with Crippen molar-refractivity contribution in [3.8, 4) is 0 Å². The number of anilines is 1. The average Bonchev–Trinajstić information content (AvgIpc) is 2.44. The fourth-order valence-corrected chi connectivity index (χ4v) is 2.97. The molecule has 0 atom stereocenters. The first-order valence-corrected chi connectivity index (χ1v) is 7.62. The van der Waals surface area contributed by atoms with E-state index in [1.807, 2.05) is 18.3 Å². The van der Waals surface area contributed by atoms with Crippen LogP contribution in [0.2, 0.25) is 0 Å². The third kappa shape index (κ3) is 2.63. The van der Waals surface area contributed by atoms with E-state index in [-0.39, 0.29) is 0 Å². The fourth-order valence-electron chi connectivity index (χ4n) is 2.97. The quantitative estimate of drug-likeness (QED) is 0.845. The van der Waals surface area contributed by atoms with Gasteiger partial charge in [-0.25, -0.2) is 0 Å². The number of nitrogen functional groups attached to an aromatic ring is 1. The summed E-state index contributed by atoms with van der Waals surface area (Å²) in [6.45, 7) is 5.52. The number of hydrogen-bond acceptors (Lipinski definition) is 3. The second-order valence-corrected chi connectivity index (χ2v) is 5.84. The second-order valence-electron chi connectivity index (χ2n) is 5.84. The van der Waals surface area contributed by atoms with Crippen molar-refractivity contribution >= 4 is 16.6 Å². The minimum Gasteiger partial charge on any atom is -0.398 e. The van der Waals surface area contributed by atoms with Crippen molar-refractivity contribution in [1.29, 1.82) is 0 Å². The molecule has 1 aromatic heterocycles. The summed E-state index contributed by atoms with van der Waals surface area (Å²) in [4.78, 5) is 7.07. The SMILES string of the molecule is CCN(Cc1ccc(N)c2cccnc12)CC1CCC1. The molecule has 0 radical (unpaired) electrons. The van der Waals surface area contributed by atoms with E-state index < -0.39 is 0 Å². The summed E-state index contributed by atoms with van der Waals surface area (Å²) in [5, 5.41) is 1.07. The molecule has 1 aromatic carbocycles. The van der Waals surface area contributed by atoms with Crippen molar-refractivity contribution in [3.05, 3.63) is 36.0 Å². The molecule has 0 spiro atoms. The summed E-state index contributed by atoms with van der Waals surface area (Å²) in [6, 6.07) is 8.16. The van der Waals surface area contributed by atoms with Crippen molar-refractivity contribution in [3.63, 3.8) is 0 Å². The molecule has 0 unspecified atom stereocenters. The Morgan fingerprint density at radius 2 is 2.15 bits per heavy atom. The minimum atomic E-state index is 0.818. The molecule has 3 nitrogen and oxygen atoms in total. The number of fused-ring (bicyclic) bond motifs is 1. The van der Waals surface area contributed by atoms with Gasteiger partial charge in [0.05, 0.1) is 5.52 Å². The van der Waals surface area contributed by atoms with Crippen molar-refractivity contribution in [2.75, 3.05) is 18.8 Å². The van der Waals surface area contributed by atoms with Crippen LogP contribution in [0.3, 0.4) is 0 Å². The maximum atomic E-state index is 6.05. The summed E-state index contributed by atoms with van der Waals surface area (Å²) >= 11 is 0. The van der Waals surface area contributed by atoms with E-state index in [1.54, 1.807) is 0 Å². The highest BCUT2D eigenvalue weighted by Gasteiger charge is 2.20. The first-order chi connectivity index (χ1) is 9.78. The lowest BCUT2D eigenvalue weighted by Crippen LogP contribution is -2.32. The molecular formula is C17H23N3. The molecule has 1 saturated carbocycles. The van der Waals surface area contributed by atoms with Gasteiger partial charge in [0.25, 0.3) is 0 Å². The topological polar surface area (TPSA) is 42.1 Å². The summed E-state index contributed by atoms with van der Waals surface area (Å²) in [5.74, 6) is 0.906. The number of nitrogens with two attached hydrogens (primary N) is 1. The summed E-state index contributed by atoms with van der Waals surface area (Å²) < 4.78 is 0. The fraction of sp³-hybridized carbons (Fsp3) is 0.471. The molecule has 20 heavy (non-hydrogen) atoms. The zero-order valence-electron chi connectivity index (χ0n) is 12.2. The summed E-state index contributed by atoms with van der Waals surface area (Å²) in [5.41, 5.74) is 9.21. The van der Waals surface area contributed by atoms with Gasteiger partial charge in [0.2, 0.25) is 0 Å². The van der Waals surface area contributed by atoms with Crippen LogP contribution in [0, 0.1) is 5.92 Å². The predicted octanol–water partition coefficient (Wildman–Crippen LogP) is 3.44. The zero-order chi connectivity index (χ0) is 13.9. The monoisotopic (exact) mass is 269 g/mol. The van der Waals surface area contributed by atoms with Gasteiger partial charge in [-0.05, 0) is 49.1 Å². The Hall–Kier alpha value is -1.61. The standard InChI is InChI=1S/C17H23N3/c1-2-20(11-13-5-3-6-13)12-14-8-9-16(18)15-7-4-10-19-17(14)15/h4,7-10,13H,2-3,5-6,11-12,18H2,1H3. The predicted molar refractivity (Wildman–Crippen MR) is 84.4 cm³/mol.